The number of rotatable bonds is 4. The fraction of sp³-hybridized carbons (Fsp3) is 0.476. The van der Waals surface area contributed by atoms with E-state index < -0.39 is 0 Å². The Balaban J connectivity index is 1.88. The lowest BCUT2D eigenvalue weighted by Gasteiger charge is -2.31. The number of benzene rings is 1. The number of carbonyl (C=O) groups excluding carboxylic acids is 1. The van der Waals surface area contributed by atoms with Crippen molar-refractivity contribution in [1.82, 2.24) is 9.97 Å². The van der Waals surface area contributed by atoms with Crippen LogP contribution in [0, 0.1) is 19.8 Å². The van der Waals surface area contributed by atoms with E-state index in [0.29, 0.717) is 18.1 Å². The second-order valence-electron chi connectivity index (χ2n) is 7.22. The Morgan fingerprint density at radius 2 is 1.92 bits per heavy atom. The molecule has 138 valence electrons. The molecule has 0 radical (unpaired) electrons. The van der Waals surface area contributed by atoms with E-state index in [1.165, 1.54) is 0 Å². The number of aryl methyl sites for hydroxylation is 2. The molecular weight excluding hydrogens is 324 g/mol. The summed E-state index contributed by atoms with van der Waals surface area (Å²) in [6, 6.07) is 9.86. The molecule has 5 heteroatoms. The van der Waals surface area contributed by atoms with Gasteiger partial charge < -0.3 is 9.80 Å². The number of anilines is 2. The monoisotopic (exact) mass is 352 g/mol. The van der Waals surface area contributed by atoms with Gasteiger partial charge >= 0.3 is 0 Å². The maximum absolute atomic E-state index is 13.1. The molecule has 2 aromatic rings. The van der Waals surface area contributed by atoms with Gasteiger partial charge in [-0.1, -0.05) is 19.1 Å². The largest absolute Gasteiger partial charge is 0.356 e. The van der Waals surface area contributed by atoms with Crippen molar-refractivity contribution in [2.75, 3.05) is 29.4 Å². The third-order valence-electron chi connectivity index (χ3n) is 5.03. The first-order chi connectivity index (χ1) is 12.5. The molecule has 26 heavy (non-hydrogen) atoms. The molecule has 0 spiro atoms. The zero-order valence-corrected chi connectivity index (χ0v) is 16.2. The van der Waals surface area contributed by atoms with E-state index in [1.807, 2.05) is 51.1 Å². The third kappa shape index (κ3) is 4.03. The Bertz CT molecular complexity index is 781. The molecule has 3 rings (SSSR count). The molecule has 1 amide bonds. The standard InChI is InChI=1S/C21H28N4O/c1-5-25(18-8-6-7-16(3)13-18)21(26)19-14-20(23-17(4)22-19)24-11-9-15(2)10-12-24/h6-8,13-15H,5,9-12H2,1-4H3. The molecule has 0 bridgehead atoms. The van der Waals surface area contributed by atoms with Crippen LogP contribution < -0.4 is 9.80 Å². The summed E-state index contributed by atoms with van der Waals surface area (Å²) >= 11 is 0. The Hall–Kier alpha value is -2.43. The van der Waals surface area contributed by atoms with Crippen LogP contribution in [0.4, 0.5) is 11.5 Å². The van der Waals surface area contributed by atoms with Crippen LogP contribution in [-0.4, -0.2) is 35.5 Å². The van der Waals surface area contributed by atoms with Crippen LogP contribution in [0.15, 0.2) is 30.3 Å². The maximum atomic E-state index is 13.1. The number of hydrogen-bond donors (Lipinski definition) is 0. The van der Waals surface area contributed by atoms with Crippen LogP contribution in [0.2, 0.25) is 0 Å². The van der Waals surface area contributed by atoms with E-state index in [4.69, 9.17) is 0 Å². The molecule has 0 saturated carbocycles. The molecule has 1 aromatic carbocycles. The fourth-order valence-electron chi connectivity index (χ4n) is 3.44. The van der Waals surface area contributed by atoms with Gasteiger partial charge in [0.25, 0.3) is 5.91 Å². The highest BCUT2D eigenvalue weighted by Gasteiger charge is 2.22. The summed E-state index contributed by atoms with van der Waals surface area (Å²) in [6.07, 6.45) is 2.33. The summed E-state index contributed by atoms with van der Waals surface area (Å²) in [5, 5.41) is 0. The van der Waals surface area contributed by atoms with Gasteiger partial charge in [-0.05, 0) is 57.2 Å². The first-order valence-corrected chi connectivity index (χ1v) is 9.47. The first-order valence-electron chi connectivity index (χ1n) is 9.47. The van der Waals surface area contributed by atoms with E-state index in [2.05, 4.69) is 21.8 Å². The zero-order chi connectivity index (χ0) is 18.7. The summed E-state index contributed by atoms with van der Waals surface area (Å²) in [6.45, 7) is 10.7. The quantitative estimate of drug-likeness (QED) is 0.835. The summed E-state index contributed by atoms with van der Waals surface area (Å²) in [5.41, 5.74) is 2.51. The van der Waals surface area contributed by atoms with Gasteiger partial charge in [0.15, 0.2) is 0 Å². The molecule has 1 aromatic heterocycles. The minimum Gasteiger partial charge on any atom is -0.356 e. The molecule has 1 aliphatic rings. The molecule has 0 N–H and O–H groups in total. The van der Waals surface area contributed by atoms with Crippen LogP contribution in [0.25, 0.3) is 0 Å². The lowest BCUT2D eigenvalue weighted by atomic mass is 9.99. The molecule has 0 atom stereocenters. The molecule has 1 aliphatic heterocycles. The number of amides is 1. The van der Waals surface area contributed by atoms with E-state index in [1.54, 1.807) is 4.90 Å². The van der Waals surface area contributed by atoms with Gasteiger partial charge in [0.2, 0.25) is 0 Å². The van der Waals surface area contributed by atoms with Gasteiger partial charge in [-0.15, -0.1) is 0 Å². The van der Waals surface area contributed by atoms with E-state index in [0.717, 1.165) is 48.9 Å². The van der Waals surface area contributed by atoms with E-state index in [-0.39, 0.29) is 5.91 Å². The molecular formula is C21H28N4O. The van der Waals surface area contributed by atoms with Crippen molar-refractivity contribution in [3.8, 4) is 0 Å². The Labute approximate surface area is 156 Å². The highest BCUT2D eigenvalue weighted by Crippen LogP contribution is 2.23. The van der Waals surface area contributed by atoms with Crippen LogP contribution in [0.5, 0.6) is 0 Å². The van der Waals surface area contributed by atoms with E-state index >= 15 is 0 Å². The lowest BCUT2D eigenvalue weighted by molar-refractivity contribution is 0.0983. The number of nitrogens with zero attached hydrogens (tertiary/aromatic N) is 4. The van der Waals surface area contributed by atoms with Gasteiger partial charge in [-0.2, -0.15) is 0 Å². The molecule has 5 nitrogen and oxygen atoms in total. The zero-order valence-electron chi connectivity index (χ0n) is 16.2. The van der Waals surface area contributed by atoms with Crippen molar-refractivity contribution in [1.29, 1.82) is 0 Å². The van der Waals surface area contributed by atoms with Crippen LogP contribution >= 0.6 is 0 Å². The first kappa shape index (κ1) is 18.4. The van der Waals surface area contributed by atoms with Crippen molar-refractivity contribution in [2.45, 2.75) is 40.5 Å². The van der Waals surface area contributed by atoms with Crippen LogP contribution in [0.1, 0.15) is 48.6 Å². The second-order valence-corrected chi connectivity index (χ2v) is 7.22. The van der Waals surface area contributed by atoms with Gasteiger partial charge in [0.1, 0.15) is 17.3 Å². The van der Waals surface area contributed by atoms with E-state index in [9.17, 15) is 4.79 Å². The number of carbonyl (C=O) groups is 1. The number of hydrogen-bond acceptors (Lipinski definition) is 4. The molecule has 0 aliphatic carbocycles. The summed E-state index contributed by atoms with van der Waals surface area (Å²) in [5.74, 6) is 2.19. The van der Waals surface area contributed by atoms with Crippen LogP contribution in [0.3, 0.4) is 0 Å². The van der Waals surface area contributed by atoms with Gasteiger partial charge in [0, 0.05) is 31.4 Å². The molecule has 1 fully saturated rings. The Morgan fingerprint density at radius 1 is 1.19 bits per heavy atom. The minimum absolute atomic E-state index is 0.0739. The topological polar surface area (TPSA) is 49.3 Å². The van der Waals surface area contributed by atoms with Gasteiger partial charge in [-0.25, -0.2) is 9.97 Å². The van der Waals surface area contributed by atoms with Crippen molar-refractivity contribution in [3.63, 3.8) is 0 Å². The second kappa shape index (κ2) is 7.85. The highest BCUT2D eigenvalue weighted by atomic mass is 16.2. The lowest BCUT2D eigenvalue weighted by Crippen LogP contribution is -2.35. The molecule has 2 heterocycles. The maximum Gasteiger partial charge on any atom is 0.277 e. The minimum atomic E-state index is -0.0739. The number of piperidine rings is 1. The normalized spacial score (nSPS) is 15.2. The van der Waals surface area contributed by atoms with Crippen LogP contribution in [-0.2, 0) is 0 Å². The third-order valence-corrected chi connectivity index (χ3v) is 5.03. The average Bonchev–Trinajstić information content (AvgIpc) is 2.62. The van der Waals surface area contributed by atoms with Gasteiger partial charge in [0.05, 0.1) is 0 Å². The van der Waals surface area contributed by atoms with Crippen molar-refractivity contribution < 1.29 is 4.79 Å². The van der Waals surface area contributed by atoms with Crippen molar-refractivity contribution in [3.05, 3.63) is 47.4 Å². The molecule has 1 saturated heterocycles. The van der Waals surface area contributed by atoms with Crippen molar-refractivity contribution in [2.24, 2.45) is 5.92 Å². The number of aromatic nitrogens is 2. The van der Waals surface area contributed by atoms with Crippen molar-refractivity contribution >= 4 is 17.4 Å². The summed E-state index contributed by atoms with van der Waals surface area (Å²) in [4.78, 5) is 26.2. The fourth-order valence-corrected chi connectivity index (χ4v) is 3.44. The smallest absolute Gasteiger partial charge is 0.277 e. The highest BCUT2D eigenvalue weighted by molar-refractivity contribution is 6.05. The predicted octanol–water partition coefficient (Wildman–Crippen LogP) is 4.00. The predicted molar refractivity (Wildman–Crippen MR) is 106 cm³/mol. The summed E-state index contributed by atoms with van der Waals surface area (Å²) in [7, 11) is 0. The molecule has 0 unspecified atom stereocenters. The summed E-state index contributed by atoms with van der Waals surface area (Å²) < 4.78 is 0. The average molecular weight is 352 g/mol. The van der Waals surface area contributed by atoms with Gasteiger partial charge in [-0.3, -0.25) is 4.79 Å². The SMILES string of the molecule is CCN(C(=O)c1cc(N2CCC(C)CC2)nc(C)n1)c1cccc(C)c1. The Morgan fingerprint density at radius 3 is 2.58 bits per heavy atom. The Kier molecular flexibility index (Phi) is 5.55.